The summed E-state index contributed by atoms with van der Waals surface area (Å²) in [6, 6.07) is 9.77. The van der Waals surface area contributed by atoms with E-state index in [-0.39, 0.29) is 15.8 Å². The Hall–Kier alpha value is -1.17. The number of rotatable bonds is 10. The second-order valence-corrected chi connectivity index (χ2v) is 6.98. The Bertz CT molecular complexity index is 387. The van der Waals surface area contributed by atoms with E-state index in [1.165, 1.54) is 17.7 Å². The lowest BCUT2D eigenvalue weighted by Gasteiger charge is -2.12. The van der Waals surface area contributed by atoms with Gasteiger partial charge >= 0.3 is 5.97 Å². The Labute approximate surface area is 122 Å². The van der Waals surface area contributed by atoms with Crippen LogP contribution in [0.1, 0.15) is 28.8 Å². The van der Waals surface area contributed by atoms with Crippen molar-refractivity contribution in [2.45, 2.75) is 37.6 Å². The van der Waals surface area contributed by atoms with Gasteiger partial charge in [0, 0.05) is 23.7 Å². The van der Waals surface area contributed by atoms with Crippen LogP contribution < -0.4 is 0 Å². The molecule has 4 nitrogen and oxygen atoms in total. The quantitative estimate of drug-likeness (QED) is 0.409. The van der Waals surface area contributed by atoms with Crippen LogP contribution in [-0.2, 0) is 15.9 Å². The Balaban J connectivity index is 2.13. The van der Waals surface area contributed by atoms with Gasteiger partial charge in [0.1, 0.15) is 0 Å². The molecule has 0 aliphatic carbocycles. The molecular weight excluding hydrogens is 272 g/mol. The molecule has 20 heavy (non-hydrogen) atoms. The molecule has 0 atom stereocenters. The molecule has 0 spiro atoms. The smallest absolute Gasteiger partial charge is 0.335 e. The van der Waals surface area contributed by atoms with Crippen molar-refractivity contribution < 1.29 is 19.4 Å². The summed E-state index contributed by atoms with van der Waals surface area (Å²) in [4.78, 5) is 10.7. The van der Waals surface area contributed by atoms with Crippen molar-refractivity contribution in [2.75, 3.05) is 14.2 Å². The van der Waals surface area contributed by atoms with Crippen LogP contribution in [0.15, 0.2) is 24.3 Å². The summed E-state index contributed by atoms with van der Waals surface area (Å²) in [6.45, 7) is 0. The molecule has 0 saturated carbocycles. The third-order valence-corrected chi connectivity index (χ3v) is 5.24. The van der Waals surface area contributed by atoms with E-state index in [4.69, 9.17) is 14.6 Å². The van der Waals surface area contributed by atoms with Gasteiger partial charge in [-0.3, -0.25) is 0 Å². The summed E-state index contributed by atoms with van der Waals surface area (Å²) >= 11 is 0. The Morgan fingerprint density at radius 2 is 1.85 bits per heavy atom. The normalized spacial score (nSPS) is 11.6. The Kier molecular flexibility index (Phi) is 8.18. The van der Waals surface area contributed by atoms with Crippen LogP contribution in [0.2, 0.25) is 12.1 Å². The largest absolute Gasteiger partial charge is 0.478 e. The lowest BCUT2D eigenvalue weighted by molar-refractivity contribution is -0.106. The van der Waals surface area contributed by atoms with Gasteiger partial charge < -0.3 is 14.6 Å². The van der Waals surface area contributed by atoms with E-state index >= 15 is 0 Å². The highest BCUT2D eigenvalue weighted by atomic mass is 28.2. The molecule has 1 aromatic carbocycles. The number of hydrogen-bond donors (Lipinski definition) is 1. The van der Waals surface area contributed by atoms with Crippen LogP contribution >= 0.6 is 0 Å². The molecule has 1 N–H and O–H groups in total. The molecule has 0 aromatic heterocycles. The summed E-state index contributed by atoms with van der Waals surface area (Å²) in [7, 11) is 3.30. The van der Waals surface area contributed by atoms with Gasteiger partial charge in [-0.2, -0.15) is 0 Å². The predicted octanol–water partition coefficient (Wildman–Crippen LogP) is 2.33. The van der Waals surface area contributed by atoms with E-state index in [1.54, 1.807) is 26.4 Å². The van der Waals surface area contributed by atoms with E-state index in [1.807, 2.05) is 12.1 Å². The number of hydrogen-bond acceptors (Lipinski definition) is 3. The topological polar surface area (TPSA) is 55.8 Å². The fraction of sp³-hybridized carbons (Fsp3) is 0.533. The molecule has 0 saturated heterocycles. The maximum absolute atomic E-state index is 10.7. The molecule has 0 aliphatic heterocycles. The zero-order chi connectivity index (χ0) is 14.8. The van der Waals surface area contributed by atoms with Crippen LogP contribution in [-0.4, -0.2) is 41.1 Å². The minimum Gasteiger partial charge on any atom is -0.478 e. The van der Waals surface area contributed by atoms with Crippen LogP contribution in [0.5, 0.6) is 0 Å². The number of aromatic carboxylic acids is 1. The minimum atomic E-state index is -0.864. The van der Waals surface area contributed by atoms with Crippen LogP contribution in [0, 0.1) is 0 Å². The summed E-state index contributed by atoms with van der Waals surface area (Å²) in [6.07, 6.45) is 3.13. The number of carbonyl (C=O) groups is 1. The highest BCUT2D eigenvalue weighted by Gasteiger charge is 2.04. The summed E-state index contributed by atoms with van der Waals surface area (Å²) in [5, 5.41) is 8.82. The minimum absolute atomic E-state index is 0.0436. The highest BCUT2D eigenvalue weighted by molar-refractivity contribution is 6.35. The first kappa shape index (κ1) is 16.9. The third-order valence-electron chi connectivity index (χ3n) is 3.38. The second-order valence-electron chi connectivity index (χ2n) is 4.86. The van der Waals surface area contributed by atoms with Crippen molar-refractivity contribution in [2.24, 2.45) is 0 Å². The first-order valence-electron chi connectivity index (χ1n) is 7.05. The molecule has 0 fully saturated rings. The van der Waals surface area contributed by atoms with Gasteiger partial charge in [0.25, 0.3) is 0 Å². The van der Waals surface area contributed by atoms with Crippen molar-refractivity contribution in [1.82, 2.24) is 0 Å². The average molecular weight is 296 g/mol. The van der Waals surface area contributed by atoms with Gasteiger partial charge in [0.15, 0.2) is 6.29 Å². The van der Waals surface area contributed by atoms with Gasteiger partial charge in [-0.05, 0) is 30.5 Å². The monoisotopic (exact) mass is 296 g/mol. The van der Waals surface area contributed by atoms with Crippen molar-refractivity contribution >= 4 is 15.5 Å². The molecule has 0 aliphatic rings. The third kappa shape index (κ3) is 6.32. The van der Waals surface area contributed by atoms with E-state index < -0.39 is 5.97 Å². The van der Waals surface area contributed by atoms with E-state index in [2.05, 4.69) is 0 Å². The average Bonchev–Trinajstić information content (AvgIpc) is 2.47. The standard InChI is InChI=1S/C15H24O4Si/c1-18-14(19-2)4-3-10-20-11-9-12-5-7-13(8-6-12)15(16)17/h5-8,14H,3-4,9-11,20H2,1-2H3,(H,16,17). The van der Waals surface area contributed by atoms with E-state index in [9.17, 15) is 4.79 Å². The van der Waals surface area contributed by atoms with Crippen molar-refractivity contribution in [3.05, 3.63) is 35.4 Å². The molecule has 5 heteroatoms. The van der Waals surface area contributed by atoms with Crippen molar-refractivity contribution in [1.29, 1.82) is 0 Å². The molecule has 0 heterocycles. The number of ether oxygens (including phenoxy) is 2. The lowest BCUT2D eigenvalue weighted by atomic mass is 10.1. The van der Waals surface area contributed by atoms with Gasteiger partial charge in [0.2, 0.25) is 0 Å². The Morgan fingerprint density at radius 1 is 1.20 bits per heavy atom. The van der Waals surface area contributed by atoms with E-state index in [0.717, 1.165) is 19.3 Å². The fourth-order valence-corrected chi connectivity index (χ4v) is 3.79. The number of carboxylic acid groups (broad SMARTS) is 1. The summed E-state index contributed by atoms with van der Waals surface area (Å²) in [5.74, 6) is -0.864. The zero-order valence-electron chi connectivity index (χ0n) is 12.3. The van der Waals surface area contributed by atoms with E-state index in [0.29, 0.717) is 5.56 Å². The second kappa shape index (κ2) is 9.69. The zero-order valence-corrected chi connectivity index (χ0v) is 13.7. The number of carboxylic acids is 1. The van der Waals surface area contributed by atoms with Crippen LogP contribution in [0.4, 0.5) is 0 Å². The van der Waals surface area contributed by atoms with Crippen molar-refractivity contribution in [3.63, 3.8) is 0 Å². The molecule has 1 rings (SSSR count). The lowest BCUT2D eigenvalue weighted by Crippen LogP contribution is -2.12. The Morgan fingerprint density at radius 3 is 2.40 bits per heavy atom. The van der Waals surface area contributed by atoms with Gasteiger partial charge in [0.05, 0.1) is 5.56 Å². The SMILES string of the molecule is COC(CCC[SiH2]CCc1ccc(C(=O)O)cc1)OC. The molecule has 0 radical (unpaired) electrons. The summed E-state index contributed by atoms with van der Waals surface area (Å²) < 4.78 is 10.3. The molecule has 0 amide bonds. The predicted molar refractivity (Wildman–Crippen MR) is 82.3 cm³/mol. The fourth-order valence-electron chi connectivity index (χ4n) is 2.14. The number of benzene rings is 1. The highest BCUT2D eigenvalue weighted by Crippen LogP contribution is 2.09. The molecule has 1 aromatic rings. The van der Waals surface area contributed by atoms with Crippen LogP contribution in [0.3, 0.4) is 0 Å². The maximum atomic E-state index is 10.7. The molecule has 0 unspecified atom stereocenters. The van der Waals surface area contributed by atoms with Crippen molar-refractivity contribution in [3.8, 4) is 0 Å². The van der Waals surface area contributed by atoms with Gasteiger partial charge in [-0.15, -0.1) is 0 Å². The number of aryl methyl sites for hydroxylation is 1. The number of methoxy groups -OCH3 is 2. The first-order chi connectivity index (χ1) is 9.67. The summed E-state index contributed by atoms with van der Waals surface area (Å²) in [5.41, 5.74) is 1.59. The van der Waals surface area contributed by atoms with Crippen LogP contribution in [0.25, 0.3) is 0 Å². The molecular formula is C15H24O4Si. The maximum Gasteiger partial charge on any atom is 0.335 e. The molecule has 0 bridgehead atoms. The molecule has 112 valence electrons. The van der Waals surface area contributed by atoms with Gasteiger partial charge in [-0.1, -0.05) is 30.6 Å². The van der Waals surface area contributed by atoms with Gasteiger partial charge in [-0.25, -0.2) is 4.79 Å². The first-order valence-corrected chi connectivity index (χ1v) is 9.05.